The molecule has 1 unspecified atom stereocenters. The number of nitrogens with zero attached hydrogens (tertiary/aromatic N) is 1. The Morgan fingerprint density at radius 2 is 2.17 bits per heavy atom. The highest BCUT2D eigenvalue weighted by atomic mass is 35.5. The largest absolute Gasteiger partial charge is 0.399 e. The molecule has 102 valence electrons. The molecule has 0 bridgehead atoms. The highest BCUT2D eigenvalue weighted by molar-refractivity contribution is 7.91. The van der Waals surface area contributed by atoms with Crippen LogP contribution in [-0.2, 0) is 16.4 Å². The molecule has 1 aromatic carbocycles. The zero-order chi connectivity index (χ0) is 12.5. The van der Waals surface area contributed by atoms with Gasteiger partial charge in [0.15, 0.2) is 9.84 Å². The Morgan fingerprint density at radius 3 is 2.72 bits per heavy atom. The molecular weight excluding hydrogens is 272 g/mol. The molecule has 2 rings (SSSR count). The summed E-state index contributed by atoms with van der Waals surface area (Å²) in [4.78, 5) is 2.10. The lowest BCUT2D eigenvalue weighted by Gasteiger charge is -2.23. The predicted octanol–water partition coefficient (Wildman–Crippen LogP) is 1.31. The summed E-state index contributed by atoms with van der Waals surface area (Å²) in [5, 5.41) is 0. The van der Waals surface area contributed by atoms with E-state index in [1.807, 2.05) is 31.3 Å². The van der Waals surface area contributed by atoms with Crippen molar-refractivity contribution in [1.82, 2.24) is 4.90 Å². The van der Waals surface area contributed by atoms with Gasteiger partial charge in [0.1, 0.15) is 0 Å². The predicted molar refractivity (Wildman–Crippen MR) is 76.6 cm³/mol. The van der Waals surface area contributed by atoms with Crippen molar-refractivity contribution in [1.29, 1.82) is 0 Å². The third-order valence-electron chi connectivity index (χ3n) is 3.21. The SMILES string of the molecule is CN(Cc1cccc(N)c1)C1CCS(=O)(=O)C1.Cl. The van der Waals surface area contributed by atoms with Crippen LogP contribution >= 0.6 is 12.4 Å². The quantitative estimate of drug-likeness (QED) is 0.853. The number of anilines is 1. The van der Waals surface area contributed by atoms with Crippen molar-refractivity contribution in [3.63, 3.8) is 0 Å². The van der Waals surface area contributed by atoms with E-state index in [-0.39, 0.29) is 24.2 Å². The average molecular weight is 291 g/mol. The van der Waals surface area contributed by atoms with Crippen molar-refractivity contribution in [2.45, 2.75) is 19.0 Å². The number of halogens is 1. The molecule has 1 atom stereocenters. The molecule has 6 heteroatoms. The summed E-state index contributed by atoms with van der Waals surface area (Å²) in [6, 6.07) is 7.85. The van der Waals surface area contributed by atoms with E-state index in [2.05, 4.69) is 4.90 Å². The molecule has 1 aliphatic heterocycles. The van der Waals surface area contributed by atoms with Gasteiger partial charge < -0.3 is 5.73 Å². The average Bonchev–Trinajstić information content (AvgIpc) is 2.59. The van der Waals surface area contributed by atoms with Crippen LogP contribution in [0.15, 0.2) is 24.3 Å². The molecule has 0 saturated carbocycles. The molecule has 1 fully saturated rings. The van der Waals surface area contributed by atoms with Crippen molar-refractivity contribution < 1.29 is 8.42 Å². The lowest BCUT2D eigenvalue weighted by Crippen LogP contribution is -2.32. The Morgan fingerprint density at radius 1 is 1.44 bits per heavy atom. The van der Waals surface area contributed by atoms with E-state index in [1.54, 1.807) is 0 Å². The van der Waals surface area contributed by atoms with Crippen LogP contribution in [0.1, 0.15) is 12.0 Å². The number of hydrogen-bond acceptors (Lipinski definition) is 4. The van der Waals surface area contributed by atoms with E-state index in [4.69, 9.17) is 5.73 Å². The van der Waals surface area contributed by atoms with Crippen molar-refractivity contribution in [2.75, 3.05) is 24.3 Å². The molecule has 18 heavy (non-hydrogen) atoms. The minimum Gasteiger partial charge on any atom is -0.399 e. The van der Waals surface area contributed by atoms with Gasteiger partial charge in [0.05, 0.1) is 11.5 Å². The zero-order valence-corrected chi connectivity index (χ0v) is 12.0. The Labute approximate surface area is 114 Å². The summed E-state index contributed by atoms with van der Waals surface area (Å²) in [6.45, 7) is 0.741. The van der Waals surface area contributed by atoms with Crippen LogP contribution in [0.2, 0.25) is 0 Å². The summed E-state index contributed by atoms with van der Waals surface area (Å²) < 4.78 is 22.8. The first-order valence-electron chi connectivity index (χ1n) is 5.71. The van der Waals surface area contributed by atoms with E-state index in [0.29, 0.717) is 5.75 Å². The number of benzene rings is 1. The van der Waals surface area contributed by atoms with Crippen LogP contribution in [0, 0.1) is 0 Å². The Balaban J connectivity index is 0.00000162. The summed E-state index contributed by atoms with van der Waals surface area (Å²) in [6.07, 6.45) is 0.737. The van der Waals surface area contributed by atoms with Gasteiger partial charge in [0.2, 0.25) is 0 Å². The number of rotatable bonds is 3. The molecule has 1 aromatic rings. The molecule has 0 aliphatic carbocycles. The maximum absolute atomic E-state index is 11.4. The van der Waals surface area contributed by atoms with Gasteiger partial charge in [-0.2, -0.15) is 0 Å². The monoisotopic (exact) mass is 290 g/mol. The van der Waals surface area contributed by atoms with Crippen molar-refractivity contribution in [2.24, 2.45) is 0 Å². The lowest BCUT2D eigenvalue weighted by atomic mass is 10.1. The number of nitrogen functional groups attached to an aromatic ring is 1. The molecular formula is C12H19ClN2O2S. The summed E-state index contributed by atoms with van der Waals surface area (Å²) in [5.41, 5.74) is 7.58. The maximum atomic E-state index is 11.4. The van der Waals surface area contributed by atoms with Gasteiger partial charge in [-0.25, -0.2) is 8.42 Å². The van der Waals surface area contributed by atoms with Crippen LogP contribution in [0.5, 0.6) is 0 Å². The minimum atomic E-state index is -2.81. The van der Waals surface area contributed by atoms with Crippen molar-refractivity contribution in [3.05, 3.63) is 29.8 Å². The van der Waals surface area contributed by atoms with E-state index in [0.717, 1.165) is 24.2 Å². The number of hydrogen-bond donors (Lipinski definition) is 1. The van der Waals surface area contributed by atoms with Gasteiger partial charge in [0.25, 0.3) is 0 Å². The van der Waals surface area contributed by atoms with Gasteiger partial charge in [0, 0.05) is 18.3 Å². The van der Waals surface area contributed by atoms with Gasteiger partial charge in [-0.15, -0.1) is 12.4 Å². The fourth-order valence-electron chi connectivity index (χ4n) is 2.23. The molecule has 1 saturated heterocycles. The van der Waals surface area contributed by atoms with E-state index in [1.165, 1.54) is 0 Å². The molecule has 1 heterocycles. The molecule has 0 spiro atoms. The van der Waals surface area contributed by atoms with Crippen LogP contribution in [0.4, 0.5) is 5.69 Å². The molecule has 0 radical (unpaired) electrons. The summed E-state index contributed by atoms with van der Waals surface area (Å²) >= 11 is 0. The van der Waals surface area contributed by atoms with Gasteiger partial charge in [-0.1, -0.05) is 12.1 Å². The topological polar surface area (TPSA) is 63.4 Å². The van der Waals surface area contributed by atoms with E-state index >= 15 is 0 Å². The second kappa shape index (κ2) is 5.91. The molecule has 0 aromatic heterocycles. The van der Waals surface area contributed by atoms with Crippen LogP contribution in [0.25, 0.3) is 0 Å². The van der Waals surface area contributed by atoms with Gasteiger partial charge >= 0.3 is 0 Å². The smallest absolute Gasteiger partial charge is 0.151 e. The third-order valence-corrected chi connectivity index (χ3v) is 4.97. The van der Waals surface area contributed by atoms with Crippen LogP contribution in [0.3, 0.4) is 0 Å². The first-order chi connectivity index (χ1) is 7.96. The second-order valence-electron chi connectivity index (χ2n) is 4.72. The first kappa shape index (κ1) is 15.3. The van der Waals surface area contributed by atoms with Gasteiger partial charge in [-0.05, 0) is 31.2 Å². The first-order valence-corrected chi connectivity index (χ1v) is 7.53. The number of nitrogens with two attached hydrogens (primary N) is 1. The molecule has 0 amide bonds. The molecule has 1 aliphatic rings. The highest BCUT2D eigenvalue weighted by Crippen LogP contribution is 2.19. The third kappa shape index (κ3) is 3.86. The van der Waals surface area contributed by atoms with Crippen LogP contribution in [-0.4, -0.2) is 37.9 Å². The van der Waals surface area contributed by atoms with E-state index in [9.17, 15) is 8.42 Å². The number of sulfone groups is 1. The fraction of sp³-hybridized carbons (Fsp3) is 0.500. The summed E-state index contributed by atoms with van der Waals surface area (Å²) in [5.74, 6) is 0.602. The Kier molecular flexibility index (Phi) is 5.01. The van der Waals surface area contributed by atoms with Crippen molar-refractivity contribution in [3.8, 4) is 0 Å². The van der Waals surface area contributed by atoms with Crippen molar-refractivity contribution >= 4 is 27.9 Å². The fourth-order valence-corrected chi connectivity index (χ4v) is 4.04. The Bertz CT molecular complexity index is 505. The lowest BCUT2D eigenvalue weighted by molar-refractivity contribution is 0.254. The van der Waals surface area contributed by atoms with Crippen LogP contribution < -0.4 is 5.73 Å². The standard InChI is InChI=1S/C12H18N2O2S.ClH/c1-14(12-5-6-17(15,16)9-12)8-10-3-2-4-11(13)7-10;/h2-4,7,12H,5-6,8-9,13H2,1H3;1H. The maximum Gasteiger partial charge on any atom is 0.151 e. The molecule has 4 nitrogen and oxygen atoms in total. The molecule has 2 N–H and O–H groups in total. The van der Waals surface area contributed by atoms with E-state index < -0.39 is 9.84 Å². The van der Waals surface area contributed by atoms with Gasteiger partial charge in [-0.3, -0.25) is 4.90 Å². The second-order valence-corrected chi connectivity index (χ2v) is 6.95. The summed E-state index contributed by atoms with van der Waals surface area (Å²) in [7, 11) is -0.840. The zero-order valence-electron chi connectivity index (χ0n) is 10.4. The highest BCUT2D eigenvalue weighted by Gasteiger charge is 2.30. The normalized spacial score (nSPS) is 21.8. The minimum absolute atomic E-state index is 0. The Hall–Kier alpha value is -0.780.